The second-order valence-electron chi connectivity index (χ2n) is 8.36. The van der Waals surface area contributed by atoms with Gasteiger partial charge < -0.3 is 20.5 Å². The molecule has 0 radical (unpaired) electrons. The largest absolute Gasteiger partial charge is 0.472 e. The molecule has 3 N–H and O–H groups in total. The number of amides is 2. The van der Waals surface area contributed by atoms with Crippen LogP contribution in [0.4, 0.5) is 4.79 Å². The summed E-state index contributed by atoms with van der Waals surface area (Å²) < 4.78 is 5.62. The quantitative estimate of drug-likeness (QED) is 0.612. The second kappa shape index (κ2) is 10.2. The number of ether oxygens (including phenoxy) is 1. The third-order valence-corrected chi connectivity index (χ3v) is 6.26. The van der Waals surface area contributed by atoms with E-state index in [1.807, 2.05) is 30.2 Å². The highest BCUT2D eigenvalue weighted by atomic mass is 16.5. The highest BCUT2D eigenvalue weighted by molar-refractivity contribution is 5.86. The van der Waals surface area contributed by atoms with Crippen molar-refractivity contribution in [3.63, 3.8) is 0 Å². The summed E-state index contributed by atoms with van der Waals surface area (Å²) in [4.78, 5) is 35.3. The molecule has 0 saturated heterocycles. The molecule has 2 aliphatic rings. The summed E-state index contributed by atoms with van der Waals surface area (Å²) in [6.07, 6.45) is 2.36. The highest BCUT2D eigenvalue weighted by Crippen LogP contribution is 2.44. The Balaban J connectivity index is 1.29. The first-order valence-corrected chi connectivity index (χ1v) is 11.1. The van der Waals surface area contributed by atoms with E-state index >= 15 is 0 Å². The molecule has 7 heteroatoms. The Morgan fingerprint density at radius 3 is 2.33 bits per heavy atom. The molecule has 2 aromatic rings. The third kappa shape index (κ3) is 5.35. The molecule has 0 unspecified atom stereocenters. The molecule has 0 aliphatic heterocycles. The van der Waals surface area contributed by atoms with Gasteiger partial charge in [0, 0.05) is 23.8 Å². The maximum Gasteiger partial charge on any atom is 0.407 e. The van der Waals surface area contributed by atoms with E-state index in [1.54, 1.807) is 0 Å². The summed E-state index contributed by atoms with van der Waals surface area (Å²) in [5, 5.41) is 14.1. The molecule has 0 spiro atoms. The Morgan fingerprint density at radius 1 is 1.00 bits per heavy atom. The van der Waals surface area contributed by atoms with Gasteiger partial charge in [0.2, 0.25) is 5.91 Å². The normalized spacial score (nSPS) is 18.8. The number of rotatable bonds is 5. The molecule has 0 heterocycles. The number of carboxylic acids is 1. The molecule has 1 fully saturated rings. The van der Waals surface area contributed by atoms with Crippen LogP contribution in [0.3, 0.4) is 0 Å². The molecule has 2 amide bonds. The highest BCUT2D eigenvalue weighted by Gasteiger charge is 2.31. The van der Waals surface area contributed by atoms with Gasteiger partial charge in [-0.25, -0.2) is 9.59 Å². The van der Waals surface area contributed by atoms with Crippen molar-refractivity contribution in [3.8, 4) is 23.0 Å². The number of hydrogen-bond acceptors (Lipinski definition) is 4. The molecule has 2 aliphatic carbocycles. The van der Waals surface area contributed by atoms with Gasteiger partial charge in [-0.2, -0.15) is 0 Å². The minimum absolute atomic E-state index is 0.0000519. The summed E-state index contributed by atoms with van der Waals surface area (Å²) in [5.74, 6) is 2.71. The minimum Gasteiger partial charge on any atom is -0.472 e. The Kier molecular flexibility index (Phi) is 6.94. The van der Waals surface area contributed by atoms with Gasteiger partial charge in [-0.1, -0.05) is 60.9 Å². The number of alkyl carbamates (subject to hydrolysis) is 1. The van der Waals surface area contributed by atoms with E-state index in [0.717, 1.165) is 30.4 Å². The lowest BCUT2D eigenvalue weighted by Crippen LogP contribution is -2.43. The Morgan fingerprint density at radius 2 is 1.67 bits per heavy atom. The van der Waals surface area contributed by atoms with Gasteiger partial charge in [-0.3, -0.25) is 4.79 Å². The van der Waals surface area contributed by atoms with Gasteiger partial charge in [0.25, 0.3) is 0 Å². The molecule has 4 rings (SSSR count). The number of carbonyl (C=O) groups excluding carboxylic acids is 2. The maximum absolute atomic E-state index is 12.5. The third-order valence-electron chi connectivity index (χ3n) is 6.26. The molecule has 33 heavy (non-hydrogen) atoms. The van der Waals surface area contributed by atoms with Crippen LogP contribution in [0.2, 0.25) is 0 Å². The second-order valence-corrected chi connectivity index (χ2v) is 8.36. The molecule has 0 aromatic heterocycles. The summed E-state index contributed by atoms with van der Waals surface area (Å²) in [7, 11) is 0. The van der Waals surface area contributed by atoms with Crippen molar-refractivity contribution in [1.82, 2.24) is 10.6 Å². The zero-order valence-corrected chi connectivity index (χ0v) is 18.2. The van der Waals surface area contributed by atoms with Crippen LogP contribution in [-0.4, -0.2) is 42.3 Å². The number of carbonyl (C=O) groups is 3. The van der Waals surface area contributed by atoms with Crippen molar-refractivity contribution in [2.45, 2.75) is 37.6 Å². The summed E-state index contributed by atoms with van der Waals surface area (Å²) in [6.45, 7) is 0.241. The van der Waals surface area contributed by atoms with Crippen molar-refractivity contribution in [2.75, 3.05) is 13.2 Å². The van der Waals surface area contributed by atoms with Gasteiger partial charge in [0.15, 0.2) is 0 Å². The van der Waals surface area contributed by atoms with Gasteiger partial charge in [-0.15, -0.1) is 0 Å². The zero-order valence-electron chi connectivity index (χ0n) is 18.2. The lowest BCUT2D eigenvalue weighted by atomic mass is 9.85. The van der Waals surface area contributed by atoms with Gasteiger partial charge in [-0.05, 0) is 41.5 Å². The van der Waals surface area contributed by atoms with Gasteiger partial charge >= 0.3 is 12.1 Å². The molecule has 0 bridgehead atoms. The number of fused-ring (bicyclic) bond motifs is 3. The van der Waals surface area contributed by atoms with Crippen LogP contribution >= 0.6 is 0 Å². The van der Waals surface area contributed by atoms with Crippen LogP contribution in [0.5, 0.6) is 0 Å². The summed E-state index contributed by atoms with van der Waals surface area (Å²) in [5.41, 5.74) is 4.67. The average Bonchev–Trinajstić information content (AvgIpc) is 3.14. The standard InChI is InChI=1S/C26H26N2O5/c29-24(30)13-6-14-27-25(31)17-7-5-8-18(15-17)28-26(32)33-16-23-21-11-3-1-9-19(21)20-10-2-4-12-22(20)23/h1-4,9-12,17-18,23H,5,7-8,14-16H2,(H,27,31)(H,28,32)(H,29,30)/t17-,18-/m1/s1. The van der Waals surface area contributed by atoms with E-state index in [-0.39, 0.29) is 36.9 Å². The number of nitrogens with one attached hydrogen (secondary N) is 2. The zero-order chi connectivity index (χ0) is 23.2. The lowest BCUT2D eigenvalue weighted by Gasteiger charge is -2.28. The lowest BCUT2D eigenvalue weighted by molar-refractivity contribution is -0.130. The molecule has 2 aromatic carbocycles. The van der Waals surface area contributed by atoms with Crippen LogP contribution in [0.1, 0.15) is 42.7 Å². The van der Waals surface area contributed by atoms with Crippen molar-refractivity contribution < 1.29 is 24.2 Å². The molecular weight excluding hydrogens is 420 g/mol. The fourth-order valence-corrected chi connectivity index (χ4v) is 4.76. The average molecular weight is 447 g/mol. The van der Waals surface area contributed by atoms with Gasteiger partial charge in [0.05, 0.1) is 6.54 Å². The van der Waals surface area contributed by atoms with Crippen molar-refractivity contribution in [2.24, 2.45) is 5.92 Å². The first-order chi connectivity index (χ1) is 16.0. The number of aliphatic carboxylic acids is 1. The molecule has 7 nitrogen and oxygen atoms in total. The first-order valence-electron chi connectivity index (χ1n) is 11.1. The summed E-state index contributed by atoms with van der Waals surface area (Å²) >= 11 is 0. The van der Waals surface area contributed by atoms with E-state index in [0.29, 0.717) is 6.42 Å². The number of benzene rings is 2. The van der Waals surface area contributed by atoms with E-state index < -0.39 is 12.1 Å². The molecule has 2 atom stereocenters. The van der Waals surface area contributed by atoms with Crippen LogP contribution in [0.25, 0.3) is 11.1 Å². The van der Waals surface area contributed by atoms with Crippen LogP contribution in [0.15, 0.2) is 48.5 Å². The first kappa shape index (κ1) is 22.4. The van der Waals surface area contributed by atoms with E-state index in [4.69, 9.17) is 9.84 Å². The minimum atomic E-state index is -1.23. The number of carboxylic acid groups (broad SMARTS) is 1. The van der Waals surface area contributed by atoms with Crippen molar-refractivity contribution >= 4 is 18.0 Å². The van der Waals surface area contributed by atoms with Crippen LogP contribution in [-0.2, 0) is 14.3 Å². The fraction of sp³-hybridized carbons (Fsp3) is 0.346. The van der Waals surface area contributed by atoms with Crippen LogP contribution < -0.4 is 10.6 Å². The number of hydrogen-bond donors (Lipinski definition) is 3. The monoisotopic (exact) mass is 446 g/mol. The van der Waals surface area contributed by atoms with Crippen LogP contribution in [0, 0.1) is 17.8 Å². The van der Waals surface area contributed by atoms with Gasteiger partial charge in [0.1, 0.15) is 6.61 Å². The smallest absolute Gasteiger partial charge is 0.407 e. The molecular formula is C26H26N2O5. The Hall–Kier alpha value is -3.79. The SMILES string of the molecule is O=C(O)C#CCNC(=O)[C@@H]1CCC[C@@H](NC(=O)OCC2c3ccccc3-c3ccccc32)C1. The van der Waals surface area contributed by atoms with E-state index in [1.165, 1.54) is 11.1 Å². The predicted molar refractivity (Wildman–Crippen MR) is 122 cm³/mol. The molecule has 170 valence electrons. The molecule has 1 saturated carbocycles. The Labute approximate surface area is 192 Å². The topological polar surface area (TPSA) is 105 Å². The van der Waals surface area contributed by atoms with E-state index in [9.17, 15) is 14.4 Å². The summed E-state index contributed by atoms with van der Waals surface area (Å²) in [6, 6.07) is 16.2. The maximum atomic E-state index is 12.5. The predicted octanol–water partition coefficient (Wildman–Crippen LogP) is 3.29. The Bertz CT molecular complexity index is 1070. The fourth-order valence-electron chi connectivity index (χ4n) is 4.76. The van der Waals surface area contributed by atoms with Crippen molar-refractivity contribution in [3.05, 3.63) is 59.7 Å². The van der Waals surface area contributed by atoms with Crippen molar-refractivity contribution in [1.29, 1.82) is 0 Å². The van der Waals surface area contributed by atoms with E-state index in [2.05, 4.69) is 40.8 Å².